The predicted octanol–water partition coefficient (Wildman–Crippen LogP) is 1.71. The molecule has 0 spiro atoms. The molecule has 0 aromatic heterocycles. The maximum absolute atomic E-state index is 5.76. The molecule has 3 nitrogen and oxygen atoms in total. The van der Waals surface area contributed by atoms with Crippen molar-refractivity contribution in [3.63, 3.8) is 0 Å². The van der Waals surface area contributed by atoms with Crippen LogP contribution in [0.4, 0.5) is 0 Å². The van der Waals surface area contributed by atoms with Crippen LogP contribution in [0.15, 0.2) is 0 Å². The summed E-state index contributed by atoms with van der Waals surface area (Å²) < 4.78 is 16.2. The summed E-state index contributed by atoms with van der Waals surface area (Å²) in [6, 6.07) is 0. The summed E-state index contributed by atoms with van der Waals surface area (Å²) >= 11 is 0. The van der Waals surface area contributed by atoms with Crippen molar-refractivity contribution in [2.45, 2.75) is 44.3 Å². The summed E-state index contributed by atoms with van der Waals surface area (Å²) in [6.45, 7) is 1.86. The van der Waals surface area contributed by atoms with E-state index in [1.54, 1.807) is 0 Å². The Hall–Kier alpha value is -0.120. The molecule has 13 heavy (non-hydrogen) atoms. The number of hydrogen-bond acceptors (Lipinski definition) is 3. The molecule has 1 saturated heterocycles. The second-order valence-electron chi connectivity index (χ2n) is 3.87. The Morgan fingerprint density at radius 3 is 2.69 bits per heavy atom. The molecule has 3 heteroatoms. The standard InChI is InChI=1S/C10H18O3/c1-2-4-9(5-3-1)12-7-10-6-11-8-13-10/h9-10H,1-8H2. The SMILES string of the molecule is C1CCC(OCC2COCO2)CC1. The normalized spacial score (nSPS) is 30.9. The van der Waals surface area contributed by atoms with E-state index in [1.807, 2.05) is 0 Å². The van der Waals surface area contributed by atoms with E-state index < -0.39 is 0 Å². The zero-order chi connectivity index (χ0) is 8.93. The number of hydrogen-bond donors (Lipinski definition) is 0. The van der Waals surface area contributed by atoms with Gasteiger partial charge in [0.05, 0.1) is 19.3 Å². The van der Waals surface area contributed by atoms with Crippen LogP contribution in [0.2, 0.25) is 0 Å². The molecule has 0 amide bonds. The van der Waals surface area contributed by atoms with Crippen molar-refractivity contribution in [3.8, 4) is 0 Å². The van der Waals surface area contributed by atoms with Crippen LogP contribution in [0, 0.1) is 0 Å². The van der Waals surface area contributed by atoms with E-state index in [4.69, 9.17) is 14.2 Å². The van der Waals surface area contributed by atoms with E-state index in [1.165, 1.54) is 32.1 Å². The molecule has 76 valence electrons. The van der Waals surface area contributed by atoms with Crippen molar-refractivity contribution in [3.05, 3.63) is 0 Å². The largest absolute Gasteiger partial charge is 0.375 e. The molecule has 1 aliphatic carbocycles. The zero-order valence-electron chi connectivity index (χ0n) is 8.04. The van der Waals surface area contributed by atoms with E-state index in [9.17, 15) is 0 Å². The second kappa shape index (κ2) is 4.94. The van der Waals surface area contributed by atoms with E-state index >= 15 is 0 Å². The zero-order valence-corrected chi connectivity index (χ0v) is 8.04. The maximum atomic E-state index is 5.76. The van der Waals surface area contributed by atoms with Crippen LogP contribution in [0.5, 0.6) is 0 Å². The second-order valence-corrected chi connectivity index (χ2v) is 3.87. The van der Waals surface area contributed by atoms with E-state index in [0.717, 1.165) is 0 Å². The average Bonchev–Trinajstić information content (AvgIpc) is 2.69. The van der Waals surface area contributed by atoms with Crippen LogP contribution in [-0.2, 0) is 14.2 Å². The molecule has 1 atom stereocenters. The average molecular weight is 186 g/mol. The molecule has 0 bridgehead atoms. The van der Waals surface area contributed by atoms with Gasteiger partial charge in [0, 0.05) is 0 Å². The van der Waals surface area contributed by atoms with Gasteiger partial charge in [-0.25, -0.2) is 0 Å². The Labute approximate surface area is 79.4 Å². The van der Waals surface area contributed by atoms with Gasteiger partial charge in [-0.15, -0.1) is 0 Å². The maximum Gasteiger partial charge on any atom is 0.147 e. The lowest BCUT2D eigenvalue weighted by atomic mass is 9.98. The van der Waals surface area contributed by atoms with Crippen molar-refractivity contribution in [1.82, 2.24) is 0 Å². The van der Waals surface area contributed by atoms with Gasteiger partial charge in [-0.3, -0.25) is 0 Å². The van der Waals surface area contributed by atoms with Gasteiger partial charge in [-0.05, 0) is 12.8 Å². The van der Waals surface area contributed by atoms with Crippen molar-refractivity contribution in [2.75, 3.05) is 20.0 Å². The summed E-state index contributed by atoms with van der Waals surface area (Å²) in [5.41, 5.74) is 0. The molecule has 0 N–H and O–H groups in total. The van der Waals surface area contributed by atoms with Crippen molar-refractivity contribution >= 4 is 0 Å². The molecular weight excluding hydrogens is 168 g/mol. The fourth-order valence-corrected chi connectivity index (χ4v) is 1.94. The minimum Gasteiger partial charge on any atom is -0.375 e. The molecule has 0 radical (unpaired) electrons. The molecule has 0 aromatic rings. The first-order valence-electron chi connectivity index (χ1n) is 5.26. The fraction of sp³-hybridized carbons (Fsp3) is 1.00. The van der Waals surface area contributed by atoms with Gasteiger partial charge in [0.2, 0.25) is 0 Å². The Morgan fingerprint density at radius 1 is 1.15 bits per heavy atom. The van der Waals surface area contributed by atoms with Gasteiger partial charge in [-0.1, -0.05) is 19.3 Å². The number of rotatable bonds is 3. The first kappa shape index (κ1) is 9.44. The lowest BCUT2D eigenvalue weighted by Gasteiger charge is -2.22. The van der Waals surface area contributed by atoms with E-state index in [0.29, 0.717) is 26.1 Å². The molecule has 1 aliphatic heterocycles. The molecule has 1 saturated carbocycles. The smallest absolute Gasteiger partial charge is 0.147 e. The van der Waals surface area contributed by atoms with Gasteiger partial charge < -0.3 is 14.2 Å². The molecule has 2 aliphatic rings. The molecule has 1 heterocycles. The van der Waals surface area contributed by atoms with Gasteiger partial charge in [-0.2, -0.15) is 0 Å². The third kappa shape index (κ3) is 2.93. The highest BCUT2D eigenvalue weighted by molar-refractivity contribution is 4.67. The summed E-state index contributed by atoms with van der Waals surface area (Å²) in [5, 5.41) is 0. The lowest BCUT2D eigenvalue weighted by molar-refractivity contribution is -0.0340. The van der Waals surface area contributed by atoms with E-state index in [2.05, 4.69) is 0 Å². The minimum absolute atomic E-state index is 0.182. The predicted molar refractivity (Wildman–Crippen MR) is 48.5 cm³/mol. The topological polar surface area (TPSA) is 27.7 Å². The first-order valence-corrected chi connectivity index (χ1v) is 5.26. The van der Waals surface area contributed by atoms with Crippen LogP contribution in [-0.4, -0.2) is 32.2 Å². The summed E-state index contributed by atoms with van der Waals surface area (Å²) in [4.78, 5) is 0. The highest BCUT2D eigenvalue weighted by Crippen LogP contribution is 2.20. The minimum atomic E-state index is 0.182. The van der Waals surface area contributed by atoms with Crippen molar-refractivity contribution < 1.29 is 14.2 Å². The molecule has 2 fully saturated rings. The Balaban J connectivity index is 1.60. The third-order valence-corrected chi connectivity index (χ3v) is 2.76. The van der Waals surface area contributed by atoms with E-state index in [-0.39, 0.29) is 6.10 Å². The monoisotopic (exact) mass is 186 g/mol. The Bertz CT molecular complexity index is 137. The fourth-order valence-electron chi connectivity index (χ4n) is 1.94. The molecule has 2 rings (SSSR count). The molecular formula is C10H18O3. The van der Waals surface area contributed by atoms with Crippen LogP contribution in [0.1, 0.15) is 32.1 Å². The summed E-state index contributed by atoms with van der Waals surface area (Å²) in [7, 11) is 0. The highest BCUT2D eigenvalue weighted by atomic mass is 16.7. The van der Waals surface area contributed by atoms with Gasteiger partial charge in [0.1, 0.15) is 12.9 Å². The van der Waals surface area contributed by atoms with Crippen LogP contribution in [0.25, 0.3) is 0 Å². The quantitative estimate of drug-likeness (QED) is 0.671. The Morgan fingerprint density at radius 2 is 2.00 bits per heavy atom. The summed E-state index contributed by atoms with van der Waals surface area (Å²) in [5.74, 6) is 0. The lowest BCUT2D eigenvalue weighted by Crippen LogP contribution is -2.24. The molecule has 1 unspecified atom stereocenters. The van der Waals surface area contributed by atoms with Gasteiger partial charge in [0.15, 0.2) is 0 Å². The summed E-state index contributed by atoms with van der Waals surface area (Å²) in [6.07, 6.45) is 7.16. The van der Waals surface area contributed by atoms with Gasteiger partial charge >= 0.3 is 0 Å². The van der Waals surface area contributed by atoms with Gasteiger partial charge in [0.25, 0.3) is 0 Å². The van der Waals surface area contributed by atoms with Crippen molar-refractivity contribution in [2.24, 2.45) is 0 Å². The van der Waals surface area contributed by atoms with Crippen LogP contribution in [0.3, 0.4) is 0 Å². The van der Waals surface area contributed by atoms with Crippen molar-refractivity contribution in [1.29, 1.82) is 0 Å². The van der Waals surface area contributed by atoms with Crippen LogP contribution >= 0.6 is 0 Å². The Kier molecular flexibility index (Phi) is 3.58. The number of ether oxygens (including phenoxy) is 3. The first-order chi connectivity index (χ1) is 6.45. The van der Waals surface area contributed by atoms with Crippen LogP contribution < -0.4 is 0 Å². The third-order valence-electron chi connectivity index (χ3n) is 2.76. The highest BCUT2D eigenvalue weighted by Gasteiger charge is 2.19. The molecule has 0 aromatic carbocycles.